The Morgan fingerprint density at radius 1 is 0.975 bits per heavy atom. The predicted molar refractivity (Wildman–Crippen MR) is 156 cm³/mol. The number of rotatable bonds is 3. The number of halogens is 2. The monoisotopic (exact) mass is 560 g/mol. The number of nitrogens with zero attached hydrogens (tertiary/aromatic N) is 6. The maximum Gasteiger partial charge on any atom is 0.328 e. The highest BCUT2D eigenvalue weighted by atomic mass is 35.5. The molecule has 5 aromatic rings. The Labute approximate surface area is 237 Å². The van der Waals surface area contributed by atoms with Crippen LogP contribution in [0, 0.1) is 12.7 Å². The number of hydrogen-bond donors (Lipinski definition) is 0. The van der Waals surface area contributed by atoms with Crippen molar-refractivity contribution >= 4 is 46.3 Å². The van der Waals surface area contributed by atoms with E-state index in [2.05, 4.69) is 14.5 Å². The zero-order valence-electron chi connectivity index (χ0n) is 22.5. The Balaban J connectivity index is 0.00000323. The fourth-order valence-corrected chi connectivity index (χ4v) is 5.62. The largest absolute Gasteiger partial charge is 0.338 e. The number of amides is 2. The van der Waals surface area contributed by atoms with Crippen LogP contribution in [0.4, 0.5) is 9.18 Å². The first-order valence-electron chi connectivity index (χ1n) is 13.0. The lowest BCUT2D eigenvalue weighted by molar-refractivity contribution is 0.0697. The quantitative estimate of drug-likeness (QED) is 0.274. The molecule has 2 amide bonds. The van der Waals surface area contributed by atoms with Crippen LogP contribution in [0.15, 0.2) is 67.1 Å². The molecule has 1 aliphatic heterocycles. The molecule has 0 N–H and O–H groups in total. The molecule has 0 unspecified atom stereocenters. The van der Waals surface area contributed by atoms with Crippen molar-refractivity contribution < 1.29 is 14.0 Å². The zero-order chi connectivity index (χ0) is 27.3. The number of aryl methyl sites for hydroxylation is 1. The summed E-state index contributed by atoms with van der Waals surface area (Å²) in [7, 11) is 3.37. The van der Waals surface area contributed by atoms with Crippen molar-refractivity contribution in [3.63, 3.8) is 0 Å². The number of imidazole rings is 1. The molecule has 2 aromatic carbocycles. The third kappa shape index (κ3) is 4.70. The van der Waals surface area contributed by atoms with E-state index in [4.69, 9.17) is 0 Å². The van der Waals surface area contributed by atoms with Crippen LogP contribution in [0.3, 0.4) is 0 Å². The van der Waals surface area contributed by atoms with E-state index in [1.165, 1.54) is 21.6 Å². The molecule has 40 heavy (non-hydrogen) atoms. The second-order valence-electron chi connectivity index (χ2n) is 10.2. The van der Waals surface area contributed by atoms with E-state index in [9.17, 15) is 14.0 Å². The summed E-state index contributed by atoms with van der Waals surface area (Å²) in [6, 6.07) is 13.9. The van der Waals surface area contributed by atoms with Crippen molar-refractivity contribution in [2.45, 2.75) is 25.8 Å². The molecule has 1 aliphatic rings. The van der Waals surface area contributed by atoms with Gasteiger partial charge in [-0.25, -0.2) is 14.2 Å². The van der Waals surface area contributed by atoms with Gasteiger partial charge in [0, 0.05) is 51.0 Å². The molecule has 4 heterocycles. The van der Waals surface area contributed by atoms with Crippen LogP contribution in [0.2, 0.25) is 0 Å². The number of likely N-dealkylation sites (tertiary alicyclic amines) is 1. The summed E-state index contributed by atoms with van der Waals surface area (Å²) in [5, 5.41) is 0.715. The van der Waals surface area contributed by atoms with Crippen LogP contribution in [0.5, 0.6) is 0 Å². The molecule has 0 aliphatic carbocycles. The molecule has 8 nitrogen and oxygen atoms in total. The number of aromatic nitrogens is 4. The maximum absolute atomic E-state index is 13.8. The van der Waals surface area contributed by atoms with Gasteiger partial charge in [-0.3, -0.25) is 14.3 Å². The van der Waals surface area contributed by atoms with Crippen LogP contribution < -0.4 is 0 Å². The van der Waals surface area contributed by atoms with Gasteiger partial charge in [-0.15, -0.1) is 12.4 Å². The third-order valence-corrected chi connectivity index (χ3v) is 7.59. The minimum Gasteiger partial charge on any atom is -0.338 e. The lowest BCUT2D eigenvalue weighted by Crippen LogP contribution is -2.39. The highest BCUT2D eigenvalue weighted by molar-refractivity contribution is 6.10. The van der Waals surface area contributed by atoms with E-state index < -0.39 is 0 Å². The van der Waals surface area contributed by atoms with Crippen molar-refractivity contribution in [2.24, 2.45) is 0 Å². The Bertz CT molecular complexity index is 1720. The number of carbonyl (C=O) groups is 2. The number of hydrogen-bond acceptors (Lipinski definition) is 4. The van der Waals surface area contributed by atoms with Crippen LogP contribution in [0.25, 0.3) is 33.1 Å². The van der Waals surface area contributed by atoms with Gasteiger partial charge in [-0.05, 0) is 55.2 Å². The van der Waals surface area contributed by atoms with E-state index in [1.807, 2.05) is 36.1 Å². The number of piperidine rings is 1. The van der Waals surface area contributed by atoms with Gasteiger partial charge in [0.15, 0.2) is 0 Å². The summed E-state index contributed by atoms with van der Waals surface area (Å²) in [4.78, 5) is 39.1. The van der Waals surface area contributed by atoms with Crippen molar-refractivity contribution in [1.29, 1.82) is 0 Å². The summed E-state index contributed by atoms with van der Waals surface area (Å²) in [5.74, 6) is 0.552. The normalized spacial score (nSPS) is 13.9. The average Bonchev–Trinajstić information content (AvgIpc) is 3.49. The van der Waals surface area contributed by atoms with Crippen molar-refractivity contribution in [3.8, 4) is 11.1 Å². The summed E-state index contributed by atoms with van der Waals surface area (Å²) < 4.78 is 17.3. The highest BCUT2D eigenvalue weighted by Crippen LogP contribution is 2.32. The first-order chi connectivity index (χ1) is 18.8. The van der Waals surface area contributed by atoms with Gasteiger partial charge in [0.1, 0.15) is 17.2 Å². The molecular formula is C30H30ClFN6O2. The molecule has 0 saturated carbocycles. The second kappa shape index (κ2) is 10.7. The van der Waals surface area contributed by atoms with E-state index >= 15 is 0 Å². The van der Waals surface area contributed by atoms with Gasteiger partial charge < -0.3 is 14.4 Å². The molecule has 0 atom stereocenters. The Hall–Kier alpha value is -4.24. The fraction of sp³-hybridized carbons (Fsp3) is 0.267. The van der Waals surface area contributed by atoms with Gasteiger partial charge in [0.25, 0.3) is 5.91 Å². The summed E-state index contributed by atoms with van der Waals surface area (Å²) in [6.45, 7) is 3.22. The van der Waals surface area contributed by atoms with E-state index in [0.717, 1.165) is 40.8 Å². The summed E-state index contributed by atoms with van der Waals surface area (Å²) >= 11 is 0. The van der Waals surface area contributed by atoms with Gasteiger partial charge in [-0.2, -0.15) is 0 Å². The first kappa shape index (κ1) is 27.3. The standard InChI is InChI=1S/C30H29FN6O2.ClH/c1-19-33-26-17-32-13-10-27(26)37(19)23-11-14-35(15-12-23)29(38)25-18-36(30(39)34(2)3)28-16-21(6-9-24(25)28)20-4-7-22(31)8-5-20;/h4-10,13,16-18,23H,11-12,14-15H2,1-3H3;1H. The predicted octanol–water partition coefficient (Wildman–Crippen LogP) is 5.93. The molecule has 1 saturated heterocycles. The third-order valence-electron chi connectivity index (χ3n) is 7.59. The molecule has 0 radical (unpaired) electrons. The van der Waals surface area contributed by atoms with Crippen molar-refractivity contribution in [3.05, 3.63) is 84.3 Å². The van der Waals surface area contributed by atoms with E-state index in [-0.39, 0.29) is 36.2 Å². The smallest absolute Gasteiger partial charge is 0.328 e. The number of carbonyl (C=O) groups excluding carboxylic acids is 2. The fourth-order valence-electron chi connectivity index (χ4n) is 5.62. The topological polar surface area (TPSA) is 76.3 Å². The minimum atomic E-state index is -0.309. The van der Waals surface area contributed by atoms with Crippen LogP contribution >= 0.6 is 12.4 Å². The van der Waals surface area contributed by atoms with Crippen LogP contribution in [-0.4, -0.2) is 68.0 Å². The van der Waals surface area contributed by atoms with Gasteiger partial charge in [-0.1, -0.05) is 24.3 Å². The number of benzene rings is 2. The molecule has 6 rings (SSSR count). The molecule has 1 fully saturated rings. The van der Waals surface area contributed by atoms with Crippen LogP contribution in [-0.2, 0) is 0 Å². The molecule has 206 valence electrons. The Kier molecular flexibility index (Phi) is 7.33. The molecule has 3 aromatic heterocycles. The molecule has 10 heteroatoms. The Morgan fingerprint density at radius 2 is 1.68 bits per heavy atom. The highest BCUT2D eigenvalue weighted by Gasteiger charge is 2.29. The van der Waals surface area contributed by atoms with Gasteiger partial charge in [0.2, 0.25) is 0 Å². The molecular weight excluding hydrogens is 531 g/mol. The van der Waals surface area contributed by atoms with Crippen molar-refractivity contribution in [1.82, 2.24) is 28.9 Å². The Morgan fingerprint density at radius 3 is 2.38 bits per heavy atom. The maximum atomic E-state index is 13.8. The average molecular weight is 561 g/mol. The van der Waals surface area contributed by atoms with E-state index in [0.29, 0.717) is 29.6 Å². The summed E-state index contributed by atoms with van der Waals surface area (Å²) in [6.07, 6.45) is 6.83. The summed E-state index contributed by atoms with van der Waals surface area (Å²) in [5.41, 5.74) is 4.76. The number of fused-ring (bicyclic) bond motifs is 2. The van der Waals surface area contributed by atoms with Crippen LogP contribution in [0.1, 0.15) is 35.1 Å². The lowest BCUT2D eigenvalue weighted by Gasteiger charge is -2.33. The first-order valence-corrected chi connectivity index (χ1v) is 13.0. The SMILES string of the molecule is Cc1nc2cnccc2n1C1CCN(C(=O)c2cn(C(=O)N(C)C)c3cc(-c4ccc(F)cc4)ccc23)CC1.Cl. The van der Waals surface area contributed by atoms with Gasteiger partial charge in [0.05, 0.1) is 22.8 Å². The molecule has 0 bridgehead atoms. The second-order valence-corrected chi connectivity index (χ2v) is 10.2. The van der Waals surface area contributed by atoms with E-state index in [1.54, 1.807) is 44.8 Å². The van der Waals surface area contributed by atoms with Crippen molar-refractivity contribution in [2.75, 3.05) is 27.2 Å². The lowest BCUT2D eigenvalue weighted by atomic mass is 10.0. The van der Waals surface area contributed by atoms with Gasteiger partial charge >= 0.3 is 6.03 Å². The molecule has 0 spiro atoms. The zero-order valence-corrected chi connectivity index (χ0v) is 23.4. The minimum absolute atomic E-state index is 0. The number of pyridine rings is 1.